The number of nitrogens with one attached hydrogen (secondary N) is 1. The van der Waals surface area contributed by atoms with Gasteiger partial charge in [-0.25, -0.2) is 9.97 Å². The number of nitrogens with two attached hydrogens (primary N) is 1. The highest BCUT2D eigenvalue weighted by atomic mass is 19.4. The minimum Gasteiger partial charge on any atom is -0.494 e. The molecule has 51 heavy (non-hydrogen) atoms. The zero-order chi connectivity index (χ0) is 35.8. The Morgan fingerprint density at radius 2 is 1.84 bits per heavy atom. The van der Waals surface area contributed by atoms with E-state index in [4.69, 9.17) is 20.4 Å². The maximum absolute atomic E-state index is 13.9. The van der Waals surface area contributed by atoms with Gasteiger partial charge in [-0.05, 0) is 93.3 Å². The minimum absolute atomic E-state index is 0.0207. The van der Waals surface area contributed by atoms with E-state index in [1.807, 2.05) is 34.7 Å². The topological polar surface area (TPSA) is 120 Å². The van der Waals surface area contributed by atoms with Crippen LogP contribution in [-0.2, 0) is 19.8 Å². The highest BCUT2D eigenvalue weighted by molar-refractivity contribution is 6.00. The average Bonchev–Trinajstić information content (AvgIpc) is 3.58. The van der Waals surface area contributed by atoms with Gasteiger partial charge < -0.3 is 29.8 Å². The Morgan fingerprint density at radius 3 is 2.59 bits per heavy atom. The molecular formula is C38H40F3N7O3. The molecule has 2 amide bonds. The van der Waals surface area contributed by atoms with Crippen LogP contribution in [-0.4, -0.2) is 61.6 Å². The number of ether oxygens (including phenoxy) is 1. The van der Waals surface area contributed by atoms with E-state index in [0.717, 1.165) is 54.8 Å². The summed E-state index contributed by atoms with van der Waals surface area (Å²) in [5, 5.41) is 3.57. The molecule has 2 aromatic carbocycles. The van der Waals surface area contributed by atoms with Crippen LogP contribution >= 0.6 is 0 Å². The van der Waals surface area contributed by atoms with Gasteiger partial charge in [-0.3, -0.25) is 9.59 Å². The van der Waals surface area contributed by atoms with E-state index < -0.39 is 29.3 Å². The fourth-order valence-corrected chi connectivity index (χ4v) is 8.01. The number of imidazole rings is 1. The number of carbonyl (C=O) groups excluding carboxylic acids is 2. The van der Waals surface area contributed by atoms with Crippen molar-refractivity contribution in [1.29, 1.82) is 0 Å². The summed E-state index contributed by atoms with van der Waals surface area (Å²) in [6, 6.07) is 13.6. The molecule has 0 spiro atoms. The number of aromatic nitrogens is 4. The quantitative estimate of drug-likeness (QED) is 0.192. The molecule has 10 nitrogen and oxygen atoms in total. The Kier molecular flexibility index (Phi) is 8.08. The van der Waals surface area contributed by atoms with E-state index in [0.29, 0.717) is 58.9 Å². The minimum atomic E-state index is -4.66. The number of methoxy groups -OCH3 is 1. The molecular weight excluding hydrogens is 659 g/mol. The monoisotopic (exact) mass is 699 g/mol. The number of aryl methyl sites for hydroxylation is 1. The summed E-state index contributed by atoms with van der Waals surface area (Å²) in [7, 11) is 3.51. The standard InChI is InChI=1S/C38H40F3N7O3/c1-20(43-36(49)26-6-4-5-7-27(26)38(39,40)41)29-13-11-23-16-31(48(34(23)44-29)18-21-8-9-21)35-45-30-15-24(17-32(51-3)33(30)46(35)2)37(50)47-19-28(42)22-10-12-25(47)14-22/h4-7,11,13,15-17,20-22,25,28H,8-10,12,14,18-19,42H2,1-3H3,(H,43,49)/t20-,22-,25+,28+/m1/s1. The van der Waals surface area contributed by atoms with Gasteiger partial charge >= 0.3 is 6.18 Å². The third-order valence-electron chi connectivity index (χ3n) is 11.0. The molecule has 4 heterocycles. The summed E-state index contributed by atoms with van der Waals surface area (Å²) in [5.41, 5.74) is 8.96. The zero-order valence-corrected chi connectivity index (χ0v) is 28.7. The van der Waals surface area contributed by atoms with Crippen LogP contribution < -0.4 is 15.8 Å². The molecule has 3 N–H and O–H groups in total. The van der Waals surface area contributed by atoms with Crippen molar-refractivity contribution in [3.05, 3.63) is 77.0 Å². The molecule has 3 aromatic heterocycles. The molecule has 4 atom stereocenters. The number of hydrogen-bond donors (Lipinski definition) is 2. The lowest BCUT2D eigenvalue weighted by Crippen LogP contribution is -2.51. The van der Waals surface area contributed by atoms with Crippen LogP contribution in [0.5, 0.6) is 5.75 Å². The van der Waals surface area contributed by atoms with E-state index in [1.165, 1.54) is 18.2 Å². The maximum atomic E-state index is 13.9. The lowest BCUT2D eigenvalue weighted by Gasteiger charge is -2.37. The summed E-state index contributed by atoms with van der Waals surface area (Å²) in [6.07, 6.45) is 0.485. The first-order valence-corrected chi connectivity index (χ1v) is 17.5. The van der Waals surface area contributed by atoms with Crippen LogP contribution in [0.3, 0.4) is 0 Å². The average molecular weight is 700 g/mol. The van der Waals surface area contributed by atoms with Crippen LogP contribution in [0, 0.1) is 11.8 Å². The van der Waals surface area contributed by atoms with Gasteiger partial charge in [-0.1, -0.05) is 12.1 Å². The van der Waals surface area contributed by atoms with Gasteiger partial charge in [0.1, 0.15) is 16.9 Å². The summed E-state index contributed by atoms with van der Waals surface area (Å²) < 4.78 is 50.8. The van der Waals surface area contributed by atoms with Gasteiger partial charge in [0.2, 0.25) is 0 Å². The highest BCUT2D eigenvalue weighted by Crippen LogP contribution is 2.40. The summed E-state index contributed by atoms with van der Waals surface area (Å²) in [5.74, 6) is 1.28. The SMILES string of the molecule is COc1cc(C(=O)N2C[C@H](N)[C@@H]3CC[C@H]2C3)cc2nc(-c3cc4ccc([C@@H](C)NC(=O)c5ccccc5C(F)(F)F)nc4n3CC3CC3)n(C)c12. The van der Waals surface area contributed by atoms with Crippen molar-refractivity contribution < 1.29 is 27.5 Å². The van der Waals surface area contributed by atoms with Crippen molar-refractivity contribution in [2.45, 2.75) is 69.9 Å². The first-order chi connectivity index (χ1) is 24.4. The number of amides is 2. The first kappa shape index (κ1) is 33.2. The van der Waals surface area contributed by atoms with Gasteiger partial charge in [0.25, 0.3) is 11.8 Å². The molecule has 2 bridgehead atoms. The zero-order valence-electron chi connectivity index (χ0n) is 28.7. The van der Waals surface area contributed by atoms with Gasteiger partial charge in [0.15, 0.2) is 5.82 Å². The number of alkyl halides is 3. The van der Waals surface area contributed by atoms with Crippen LogP contribution in [0.4, 0.5) is 13.2 Å². The molecule has 1 aliphatic heterocycles. The van der Waals surface area contributed by atoms with E-state index in [1.54, 1.807) is 26.2 Å². The Morgan fingerprint density at radius 1 is 1.06 bits per heavy atom. The normalized spacial score (nSPS) is 21.0. The lowest BCUT2D eigenvalue weighted by molar-refractivity contribution is -0.137. The summed E-state index contributed by atoms with van der Waals surface area (Å²) >= 11 is 0. The third-order valence-corrected chi connectivity index (χ3v) is 11.0. The van der Waals surface area contributed by atoms with Crippen LogP contribution in [0.1, 0.15) is 77.0 Å². The van der Waals surface area contributed by atoms with Crippen molar-refractivity contribution in [3.63, 3.8) is 0 Å². The number of halogens is 3. The van der Waals surface area contributed by atoms with Crippen LogP contribution in [0.2, 0.25) is 0 Å². The number of piperidine rings is 1. The highest BCUT2D eigenvalue weighted by Gasteiger charge is 2.41. The lowest BCUT2D eigenvalue weighted by atomic mass is 9.94. The van der Waals surface area contributed by atoms with Crippen molar-refractivity contribution in [3.8, 4) is 17.3 Å². The Hall–Kier alpha value is -4.91. The predicted molar refractivity (Wildman–Crippen MR) is 186 cm³/mol. The molecule has 5 aromatic rings. The second kappa shape index (κ2) is 12.4. The smallest absolute Gasteiger partial charge is 0.417 e. The maximum Gasteiger partial charge on any atom is 0.417 e. The molecule has 3 aliphatic rings. The van der Waals surface area contributed by atoms with Crippen molar-refractivity contribution in [2.24, 2.45) is 24.6 Å². The van der Waals surface area contributed by atoms with E-state index in [2.05, 4.69) is 9.88 Å². The van der Waals surface area contributed by atoms with E-state index in [-0.39, 0.29) is 18.0 Å². The van der Waals surface area contributed by atoms with E-state index in [9.17, 15) is 22.8 Å². The second-order valence-electron chi connectivity index (χ2n) is 14.4. The van der Waals surface area contributed by atoms with Gasteiger partial charge in [0.05, 0.1) is 41.2 Å². The Bertz CT molecular complexity index is 2190. The predicted octanol–water partition coefficient (Wildman–Crippen LogP) is 6.47. The number of carbonyl (C=O) groups is 2. The number of rotatable bonds is 8. The molecule has 0 unspecified atom stereocenters. The molecule has 1 saturated heterocycles. The van der Waals surface area contributed by atoms with Crippen molar-refractivity contribution >= 4 is 33.9 Å². The van der Waals surface area contributed by atoms with Crippen LogP contribution in [0.25, 0.3) is 33.6 Å². The van der Waals surface area contributed by atoms with Crippen LogP contribution in [0.15, 0.2) is 54.6 Å². The second-order valence-corrected chi connectivity index (χ2v) is 14.4. The first-order valence-electron chi connectivity index (χ1n) is 17.5. The number of pyridine rings is 1. The number of likely N-dealkylation sites (tertiary alicyclic amines) is 1. The number of fused-ring (bicyclic) bond motifs is 4. The third kappa shape index (κ3) is 5.90. The molecule has 266 valence electrons. The largest absolute Gasteiger partial charge is 0.494 e. The Balaban J connectivity index is 1.15. The molecule has 13 heteroatoms. The molecule has 2 saturated carbocycles. The van der Waals surface area contributed by atoms with Crippen molar-refractivity contribution in [1.82, 2.24) is 29.3 Å². The molecule has 0 radical (unpaired) electrons. The van der Waals surface area contributed by atoms with E-state index >= 15 is 0 Å². The van der Waals surface area contributed by atoms with Gasteiger partial charge in [-0.2, -0.15) is 13.2 Å². The molecule has 8 rings (SSSR count). The van der Waals surface area contributed by atoms with Gasteiger partial charge in [0, 0.05) is 43.2 Å². The fraction of sp³-hybridized carbons (Fsp3) is 0.421. The molecule has 3 fully saturated rings. The summed E-state index contributed by atoms with van der Waals surface area (Å²) in [4.78, 5) is 38.9. The number of hydrogen-bond acceptors (Lipinski definition) is 6. The number of nitrogens with zero attached hydrogens (tertiary/aromatic N) is 5. The van der Waals surface area contributed by atoms with Gasteiger partial charge in [-0.15, -0.1) is 0 Å². The number of benzene rings is 2. The Labute approximate surface area is 292 Å². The van der Waals surface area contributed by atoms with Crippen molar-refractivity contribution in [2.75, 3.05) is 13.7 Å². The summed E-state index contributed by atoms with van der Waals surface area (Å²) in [6.45, 7) is 2.95. The fourth-order valence-electron chi connectivity index (χ4n) is 8.01. The molecule has 2 aliphatic carbocycles.